The van der Waals surface area contributed by atoms with Crippen molar-refractivity contribution in [2.24, 2.45) is 11.5 Å². The number of carbonyl (C=O) groups is 1. The Morgan fingerprint density at radius 3 is 1.57 bits per heavy atom. The van der Waals surface area contributed by atoms with Gasteiger partial charge in [0, 0.05) is 45.6 Å². The van der Waals surface area contributed by atoms with Crippen LogP contribution in [0.4, 0.5) is 4.79 Å². The molecule has 2 amide bonds. The predicted octanol–water partition coefficient (Wildman–Crippen LogP) is 2.96. The van der Waals surface area contributed by atoms with Crippen LogP contribution in [0.5, 0.6) is 0 Å². The van der Waals surface area contributed by atoms with Gasteiger partial charge in [-0.2, -0.15) is 0 Å². The van der Waals surface area contributed by atoms with Crippen molar-refractivity contribution in [1.82, 2.24) is 5.32 Å². The lowest BCUT2D eigenvalue weighted by atomic mass is 10.5. The Bertz CT molecular complexity index is 385. The maximum atomic E-state index is 10.5. The third kappa shape index (κ3) is 15.3. The molecule has 0 aromatic rings. The van der Waals surface area contributed by atoms with Crippen molar-refractivity contribution < 1.29 is 26.9 Å². The summed E-state index contributed by atoms with van der Waals surface area (Å²) in [5.41, 5.74) is 10.5. The van der Waals surface area contributed by atoms with E-state index in [1.807, 2.05) is 34.6 Å². The molecule has 0 fully saturated rings. The van der Waals surface area contributed by atoms with E-state index in [2.05, 4.69) is 12.2 Å². The van der Waals surface area contributed by atoms with Crippen LogP contribution in [0.25, 0.3) is 0 Å². The van der Waals surface area contributed by atoms with Gasteiger partial charge in [0.15, 0.2) is 0 Å². The van der Waals surface area contributed by atoms with E-state index in [0.29, 0.717) is 32.4 Å². The first-order valence-electron chi connectivity index (χ1n) is 11.3. The quantitative estimate of drug-likeness (QED) is 0.208. The Morgan fingerprint density at radius 2 is 1.23 bits per heavy atom. The van der Waals surface area contributed by atoms with Gasteiger partial charge < -0.3 is 38.9 Å². The molecule has 30 heavy (non-hydrogen) atoms. The first kappa shape index (κ1) is 31.6. The average molecular weight is 470 g/mol. The Morgan fingerprint density at radius 1 is 0.767 bits per heavy atom. The van der Waals surface area contributed by atoms with E-state index in [1.54, 1.807) is 0 Å². The fraction of sp³-hybridized carbons (Fsp3) is 0.947. The minimum atomic E-state index is -2.56. The topological polar surface area (TPSA) is 127 Å². The summed E-state index contributed by atoms with van der Waals surface area (Å²) in [4.78, 5) is 10.5. The lowest BCUT2D eigenvalue weighted by Crippen LogP contribution is -2.46. The van der Waals surface area contributed by atoms with E-state index in [4.69, 9.17) is 33.6 Å². The molecule has 0 saturated carbocycles. The van der Waals surface area contributed by atoms with Gasteiger partial charge in [-0.25, -0.2) is 4.79 Å². The molecule has 0 atom stereocenters. The molecular weight excluding hydrogens is 422 g/mol. The molecule has 0 aliphatic heterocycles. The number of rotatable bonds is 18. The fourth-order valence-electron chi connectivity index (χ4n) is 2.98. The summed E-state index contributed by atoms with van der Waals surface area (Å²) in [5, 5.41) is 2.54. The van der Waals surface area contributed by atoms with E-state index >= 15 is 0 Å². The largest absolute Gasteiger partial charge is 0.500 e. The van der Waals surface area contributed by atoms with Crippen molar-refractivity contribution in [1.29, 1.82) is 0 Å². The summed E-state index contributed by atoms with van der Waals surface area (Å²) in [6.07, 6.45) is 1.75. The molecule has 0 aliphatic rings. The number of hydrogen-bond acceptors (Lipinski definition) is 7. The predicted molar refractivity (Wildman–Crippen MR) is 126 cm³/mol. The summed E-state index contributed by atoms with van der Waals surface area (Å²) < 4.78 is 28.6. The molecule has 0 unspecified atom stereocenters. The summed E-state index contributed by atoms with van der Waals surface area (Å²) in [7, 11) is -4.43. The first-order valence-corrected chi connectivity index (χ1v) is 15.4. The van der Waals surface area contributed by atoms with Crippen molar-refractivity contribution in [2.45, 2.75) is 72.5 Å². The van der Waals surface area contributed by atoms with Crippen molar-refractivity contribution >= 4 is 23.4 Å². The van der Waals surface area contributed by atoms with Crippen molar-refractivity contribution in [3.05, 3.63) is 0 Å². The van der Waals surface area contributed by atoms with Gasteiger partial charge >= 0.3 is 23.4 Å². The standard InChI is InChI=1S/C10H24N2O4Si.C9H23NO2Si/c1-4-14-17(15-5-2,16-6-3)9-7-8-12-10(11)13;1-4-11-13(6-3,12-5-2)9-7-8-10/h4-9H2,1-3H3,(H3,11,12,13);4-10H2,1-3H3. The third-order valence-corrected chi connectivity index (χ3v) is 11.1. The van der Waals surface area contributed by atoms with Crippen LogP contribution in [0.2, 0.25) is 18.1 Å². The van der Waals surface area contributed by atoms with Crippen molar-refractivity contribution in [3.8, 4) is 0 Å². The minimum Gasteiger partial charge on any atom is -0.394 e. The van der Waals surface area contributed by atoms with E-state index in [1.165, 1.54) is 0 Å². The van der Waals surface area contributed by atoms with Gasteiger partial charge in [-0.3, -0.25) is 0 Å². The normalized spacial score (nSPS) is 11.7. The number of primary amides is 1. The van der Waals surface area contributed by atoms with Crippen molar-refractivity contribution in [3.63, 3.8) is 0 Å². The van der Waals surface area contributed by atoms with E-state index in [0.717, 1.165) is 44.7 Å². The highest BCUT2D eigenvalue weighted by Gasteiger charge is 2.39. The maximum absolute atomic E-state index is 10.5. The molecule has 0 rings (SSSR count). The van der Waals surface area contributed by atoms with Gasteiger partial charge in [0.1, 0.15) is 0 Å². The van der Waals surface area contributed by atoms with Gasteiger partial charge in [0.05, 0.1) is 0 Å². The van der Waals surface area contributed by atoms with Crippen LogP contribution in [-0.4, -0.2) is 69.5 Å². The van der Waals surface area contributed by atoms with Crippen LogP contribution in [0.15, 0.2) is 0 Å². The zero-order chi connectivity index (χ0) is 23.3. The van der Waals surface area contributed by atoms with Gasteiger partial charge in [-0.15, -0.1) is 0 Å². The molecule has 0 aromatic carbocycles. The van der Waals surface area contributed by atoms with Crippen LogP contribution in [-0.2, 0) is 22.1 Å². The van der Waals surface area contributed by atoms with Crippen LogP contribution < -0.4 is 16.8 Å². The summed E-state index contributed by atoms with van der Waals surface area (Å²) in [6, 6.07) is 2.22. The molecule has 11 heteroatoms. The number of carbonyl (C=O) groups excluding carboxylic acids is 1. The molecule has 5 N–H and O–H groups in total. The SMILES string of the molecule is CCO[Si](CC)(CCCN)OCC.CCO[Si](CCCNC(N)=O)(OCC)OCC. The first-order chi connectivity index (χ1) is 14.3. The number of nitrogens with two attached hydrogens (primary N) is 2. The molecule has 9 nitrogen and oxygen atoms in total. The Kier molecular flexibility index (Phi) is 21.5. The number of nitrogens with one attached hydrogen (secondary N) is 1. The minimum absolute atomic E-state index is 0.511. The van der Waals surface area contributed by atoms with Crippen molar-refractivity contribution in [2.75, 3.05) is 46.1 Å². The van der Waals surface area contributed by atoms with Gasteiger partial charge in [-0.05, 0) is 66.1 Å². The van der Waals surface area contributed by atoms with Gasteiger partial charge in [0.25, 0.3) is 0 Å². The molecule has 182 valence electrons. The molecule has 0 saturated heterocycles. The maximum Gasteiger partial charge on any atom is 0.500 e. The second-order valence-electron chi connectivity index (χ2n) is 6.40. The monoisotopic (exact) mass is 469 g/mol. The molecule has 0 bridgehead atoms. The molecular formula is C19H47N3O6Si2. The highest BCUT2D eigenvalue weighted by Crippen LogP contribution is 2.20. The molecule has 0 aromatic heterocycles. The molecule has 0 spiro atoms. The lowest BCUT2D eigenvalue weighted by molar-refractivity contribution is 0.0708. The summed E-state index contributed by atoms with van der Waals surface area (Å²) in [5.74, 6) is 0. The van der Waals surface area contributed by atoms with Crippen LogP contribution >= 0.6 is 0 Å². The lowest BCUT2D eigenvalue weighted by Gasteiger charge is -2.28. The third-order valence-electron chi connectivity index (χ3n) is 4.17. The van der Waals surface area contributed by atoms with E-state index < -0.39 is 23.4 Å². The number of amides is 2. The zero-order valence-electron chi connectivity index (χ0n) is 20.1. The van der Waals surface area contributed by atoms with Crippen LogP contribution in [0.1, 0.15) is 54.4 Å². The second kappa shape index (κ2) is 20.4. The highest BCUT2D eigenvalue weighted by molar-refractivity contribution is 6.67. The average Bonchev–Trinajstić information content (AvgIpc) is 2.71. The fourth-order valence-corrected chi connectivity index (χ4v) is 8.52. The number of urea groups is 1. The Hall–Kier alpha value is -0.536. The summed E-state index contributed by atoms with van der Waals surface area (Å²) >= 11 is 0. The molecule has 0 heterocycles. The second-order valence-corrected chi connectivity index (χ2v) is 12.7. The number of hydrogen-bond donors (Lipinski definition) is 3. The highest BCUT2D eigenvalue weighted by atomic mass is 28.4. The van der Waals surface area contributed by atoms with Crippen LogP contribution in [0.3, 0.4) is 0 Å². The Balaban J connectivity index is 0. The zero-order valence-corrected chi connectivity index (χ0v) is 22.1. The van der Waals surface area contributed by atoms with E-state index in [-0.39, 0.29) is 0 Å². The smallest absolute Gasteiger partial charge is 0.394 e. The van der Waals surface area contributed by atoms with E-state index in [9.17, 15) is 4.79 Å². The van der Waals surface area contributed by atoms with Gasteiger partial charge in [0.2, 0.25) is 0 Å². The molecule has 0 aliphatic carbocycles. The Labute approximate surface area is 186 Å². The molecule has 0 radical (unpaired) electrons. The van der Waals surface area contributed by atoms with Gasteiger partial charge in [-0.1, -0.05) is 6.92 Å². The summed E-state index contributed by atoms with van der Waals surface area (Å²) in [6.45, 7) is 16.4. The van der Waals surface area contributed by atoms with Crippen LogP contribution in [0, 0.1) is 0 Å².